The van der Waals surface area contributed by atoms with Crippen molar-refractivity contribution in [1.82, 2.24) is 14.9 Å². The highest BCUT2D eigenvalue weighted by Gasteiger charge is 2.35. The van der Waals surface area contributed by atoms with Gasteiger partial charge in [0.1, 0.15) is 4.83 Å². The molecular formula is C19H25N3O4S3. The Hall–Kier alpha value is -1.39. The highest BCUT2D eigenvalue weighted by atomic mass is 32.2. The summed E-state index contributed by atoms with van der Waals surface area (Å²) >= 11 is 2.82. The van der Waals surface area contributed by atoms with Crippen molar-refractivity contribution in [1.29, 1.82) is 0 Å². The SMILES string of the molecule is CCN(C(=O)[C@@H](C)Sc1nc2sc3c(c2c(=O)[nH]1)CCCC3)[C@@H]1CCS(=O)(=O)C1. The maximum Gasteiger partial charge on any atom is 0.260 e. The van der Waals surface area contributed by atoms with E-state index in [2.05, 4.69) is 9.97 Å². The Morgan fingerprint density at radius 3 is 2.83 bits per heavy atom. The number of aryl methyl sites for hydroxylation is 2. The van der Waals surface area contributed by atoms with Crippen LogP contribution >= 0.6 is 23.1 Å². The van der Waals surface area contributed by atoms with E-state index in [1.54, 1.807) is 23.2 Å². The number of fused-ring (bicyclic) bond motifs is 3. The fourth-order valence-corrected chi connectivity index (χ4v) is 8.18. The molecule has 4 rings (SSSR count). The molecule has 158 valence electrons. The van der Waals surface area contributed by atoms with E-state index < -0.39 is 15.1 Å². The lowest BCUT2D eigenvalue weighted by Crippen LogP contribution is -2.44. The van der Waals surface area contributed by atoms with Gasteiger partial charge in [0.15, 0.2) is 15.0 Å². The number of carbonyl (C=O) groups excluding carboxylic acids is 1. The number of aromatic amines is 1. The van der Waals surface area contributed by atoms with E-state index in [4.69, 9.17) is 0 Å². The summed E-state index contributed by atoms with van der Waals surface area (Å²) in [6, 6.07) is -0.265. The zero-order valence-electron chi connectivity index (χ0n) is 16.6. The lowest BCUT2D eigenvalue weighted by molar-refractivity contribution is -0.131. The van der Waals surface area contributed by atoms with Crippen LogP contribution in [-0.2, 0) is 27.5 Å². The Morgan fingerprint density at radius 1 is 1.38 bits per heavy atom. The molecule has 1 aliphatic carbocycles. The molecule has 2 atom stereocenters. The Labute approximate surface area is 178 Å². The number of aromatic nitrogens is 2. The van der Waals surface area contributed by atoms with E-state index >= 15 is 0 Å². The predicted molar refractivity (Wildman–Crippen MR) is 117 cm³/mol. The van der Waals surface area contributed by atoms with Crippen LogP contribution in [0, 0.1) is 0 Å². The number of hydrogen-bond donors (Lipinski definition) is 1. The minimum atomic E-state index is -3.06. The van der Waals surface area contributed by atoms with E-state index in [1.165, 1.54) is 16.6 Å². The molecule has 1 saturated heterocycles. The Balaban J connectivity index is 1.54. The number of carbonyl (C=O) groups is 1. The minimum absolute atomic E-state index is 0.0335. The molecule has 0 unspecified atom stereocenters. The molecule has 29 heavy (non-hydrogen) atoms. The molecule has 2 aliphatic rings. The smallest absolute Gasteiger partial charge is 0.260 e. The number of nitrogens with zero attached hydrogens (tertiary/aromatic N) is 2. The first kappa shape index (κ1) is 20.9. The summed E-state index contributed by atoms with van der Waals surface area (Å²) < 4.78 is 23.6. The molecule has 0 bridgehead atoms. The summed E-state index contributed by atoms with van der Waals surface area (Å²) in [6.07, 6.45) is 4.67. The van der Waals surface area contributed by atoms with Crippen LogP contribution in [0.3, 0.4) is 0 Å². The van der Waals surface area contributed by atoms with Gasteiger partial charge in [0.2, 0.25) is 5.91 Å². The first-order valence-corrected chi connectivity index (χ1v) is 13.5. The van der Waals surface area contributed by atoms with Crippen LogP contribution < -0.4 is 5.56 Å². The number of amides is 1. The Kier molecular flexibility index (Phi) is 5.78. The van der Waals surface area contributed by atoms with Gasteiger partial charge in [0.05, 0.1) is 22.1 Å². The standard InChI is InChI=1S/C19H25N3O4S3/c1-3-22(12-8-9-29(25,26)10-12)18(24)11(2)27-19-20-16(23)15-13-6-4-5-7-14(13)28-17(15)21-19/h11-12H,3-10H2,1-2H3,(H,20,21,23)/t11-,12-/m1/s1. The van der Waals surface area contributed by atoms with E-state index in [-0.39, 0.29) is 29.0 Å². The van der Waals surface area contributed by atoms with Crippen LogP contribution in [0.1, 0.15) is 43.6 Å². The van der Waals surface area contributed by atoms with Gasteiger partial charge in [-0.25, -0.2) is 13.4 Å². The monoisotopic (exact) mass is 455 g/mol. The number of nitrogens with one attached hydrogen (secondary N) is 1. The van der Waals surface area contributed by atoms with E-state index in [1.807, 2.05) is 6.92 Å². The Morgan fingerprint density at radius 2 is 2.14 bits per heavy atom. The highest BCUT2D eigenvalue weighted by Crippen LogP contribution is 2.34. The van der Waals surface area contributed by atoms with Gasteiger partial charge < -0.3 is 9.88 Å². The van der Waals surface area contributed by atoms with Crippen molar-refractivity contribution in [2.24, 2.45) is 0 Å². The molecule has 1 fully saturated rings. The van der Waals surface area contributed by atoms with Gasteiger partial charge in [-0.15, -0.1) is 11.3 Å². The summed E-state index contributed by atoms with van der Waals surface area (Å²) in [7, 11) is -3.06. The third-order valence-electron chi connectivity index (χ3n) is 5.71. The third-order valence-corrected chi connectivity index (χ3v) is 9.62. The van der Waals surface area contributed by atoms with Gasteiger partial charge >= 0.3 is 0 Å². The first-order valence-electron chi connectivity index (χ1n) is 10.0. The molecule has 0 aromatic carbocycles. The fourth-order valence-electron chi connectivity index (χ4n) is 4.27. The molecule has 1 N–H and O–H groups in total. The summed E-state index contributed by atoms with van der Waals surface area (Å²) in [6.45, 7) is 4.11. The molecular weight excluding hydrogens is 430 g/mol. The molecule has 0 spiro atoms. The molecule has 1 aliphatic heterocycles. The van der Waals surface area contributed by atoms with Crippen LogP contribution in [0.5, 0.6) is 0 Å². The maximum atomic E-state index is 13.0. The summed E-state index contributed by atoms with van der Waals surface area (Å²) in [5, 5.41) is 0.685. The normalized spacial score (nSPS) is 21.8. The summed E-state index contributed by atoms with van der Waals surface area (Å²) in [4.78, 5) is 36.8. The minimum Gasteiger partial charge on any atom is -0.338 e. The van der Waals surface area contributed by atoms with Crippen molar-refractivity contribution in [3.63, 3.8) is 0 Å². The van der Waals surface area contributed by atoms with Gasteiger partial charge in [0.25, 0.3) is 5.56 Å². The molecule has 10 heteroatoms. The average molecular weight is 456 g/mol. The van der Waals surface area contributed by atoms with Gasteiger partial charge in [-0.1, -0.05) is 11.8 Å². The van der Waals surface area contributed by atoms with Crippen molar-refractivity contribution in [2.45, 2.75) is 62.4 Å². The van der Waals surface area contributed by atoms with Crippen molar-refractivity contribution >= 4 is 49.1 Å². The third kappa shape index (κ3) is 4.11. The van der Waals surface area contributed by atoms with Gasteiger partial charge in [-0.05, 0) is 51.5 Å². The number of rotatable bonds is 5. The van der Waals surface area contributed by atoms with Crippen molar-refractivity contribution < 1.29 is 13.2 Å². The number of thiophene rings is 1. The second-order valence-corrected chi connectivity index (χ2v) is 12.3. The number of H-pyrrole nitrogens is 1. The van der Waals surface area contributed by atoms with Crippen LogP contribution in [0.25, 0.3) is 10.2 Å². The van der Waals surface area contributed by atoms with E-state index in [9.17, 15) is 18.0 Å². The molecule has 1 amide bonds. The van der Waals surface area contributed by atoms with Crippen molar-refractivity contribution in [2.75, 3.05) is 18.1 Å². The lowest BCUT2D eigenvalue weighted by Gasteiger charge is -2.29. The number of sulfone groups is 1. The van der Waals surface area contributed by atoms with Crippen LogP contribution in [0.15, 0.2) is 9.95 Å². The Bertz CT molecular complexity index is 1110. The van der Waals surface area contributed by atoms with E-state index in [0.717, 1.165) is 36.1 Å². The van der Waals surface area contributed by atoms with Crippen LogP contribution in [0.4, 0.5) is 0 Å². The summed E-state index contributed by atoms with van der Waals surface area (Å²) in [5.41, 5.74) is 1.01. The quantitative estimate of drug-likeness (QED) is 0.549. The first-order chi connectivity index (χ1) is 13.8. The molecule has 3 heterocycles. The lowest BCUT2D eigenvalue weighted by atomic mass is 9.97. The fraction of sp³-hybridized carbons (Fsp3) is 0.632. The summed E-state index contributed by atoms with van der Waals surface area (Å²) in [5.74, 6) is 0.0522. The second-order valence-electron chi connectivity index (χ2n) is 7.70. The molecule has 2 aromatic rings. The topological polar surface area (TPSA) is 100 Å². The molecule has 2 aromatic heterocycles. The van der Waals surface area contributed by atoms with Gasteiger partial charge in [-0.3, -0.25) is 9.59 Å². The molecule has 0 radical (unpaired) electrons. The van der Waals surface area contributed by atoms with Gasteiger partial charge in [-0.2, -0.15) is 0 Å². The zero-order chi connectivity index (χ0) is 20.8. The van der Waals surface area contributed by atoms with Crippen LogP contribution in [-0.4, -0.2) is 58.5 Å². The number of hydrogen-bond acceptors (Lipinski definition) is 7. The predicted octanol–water partition coefficient (Wildman–Crippen LogP) is 2.38. The van der Waals surface area contributed by atoms with E-state index in [0.29, 0.717) is 23.5 Å². The maximum absolute atomic E-state index is 13.0. The van der Waals surface area contributed by atoms with Crippen molar-refractivity contribution in [3.8, 4) is 0 Å². The molecule has 7 nitrogen and oxygen atoms in total. The van der Waals surface area contributed by atoms with Gasteiger partial charge in [0, 0.05) is 17.5 Å². The second kappa shape index (κ2) is 8.03. The highest BCUT2D eigenvalue weighted by molar-refractivity contribution is 8.00. The zero-order valence-corrected chi connectivity index (χ0v) is 19.0. The molecule has 0 saturated carbocycles. The van der Waals surface area contributed by atoms with Crippen LogP contribution in [0.2, 0.25) is 0 Å². The van der Waals surface area contributed by atoms with Crippen molar-refractivity contribution in [3.05, 3.63) is 20.8 Å². The average Bonchev–Trinajstić information content (AvgIpc) is 3.21. The largest absolute Gasteiger partial charge is 0.338 e. The number of thioether (sulfide) groups is 1.